The molecule has 142 valence electrons. The molecule has 2 aromatic rings. The van der Waals surface area contributed by atoms with Gasteiger partial charge in [-0.3, -0.25) is 4.55 Å². The van der Waals surface area contributed by atoms with Crippen molar-refractivity contribution in [3.8, 4) is 17.2 Å². The SMILES string of the molecule is CCCCCCCCc1cccc(Oc2cccc([O-])c2S(=O)(=O)O)c1.[Na+]. The number of hydrogen-bond donors (Lipinski definition) is 1. The van der Waals surface area contributed by atoms with E-state index in [1.807, 2.05) is 18.2 Å². The van der Waals surface area contributed by atoms with Crippen molar-refractivity contribution in [2.45, 2.75) is 56.8 Å². The van der Waals surface area contributed by atoms with Crippen LogP contribution in [-0.2, 0) is 16.5 Å². The molecule has 5 nitrogen and oxygen atoms in total. The molecule has 0 aliphatic carbocycles. The van der Waals surface area contributed by atoms with Crippen LogP contribution >= 0.6 is 0 Å². The van der Waals surface area contributed by atoms with E-state index in [2.05, 4.69) is 6.92 Å². The molecule has 0 amide bonds. The minimum absolute atomic E-state index is 0. The van der Waals surface area contributed by atoms with Crippen molar-refractivity contribution in [2.75, 3.05) is 0 Å². The van der Waals surface area contributed by atoms with Crippen molar-refractivity contribution in [3.63, 3.8) is 0 Å². The first kappa shape index (κ1) is 24.0. The Morgan fingerprint density at radius 1 is 1.00 bits per heavy atom. The zero-order chi connectivity index (χ0) is 19.0. The molecule has 0 aliphatic rings. The molecule has 0 heterocycles. The number of aryl methyl sites for hydroxylation is 1. The fourth-order valence-electron chi connectivity index (χ4n) is 2.83. The van der Waals surface area contributed by atoms with E-state index < -0.39 is 20.8 Å². The molecule has 0 saturated carbocycles. The Morgan fingerprint density at radius 2 is 1.67 bits per heavy atom. The summed E-state index contributed by atoms with van der Waals surface area (Å²) in [5.41, 5.74) is 1.09. The molecule has 0 saturated heterocycles. The van der Waals surface area contributed by atoms with Crippen LogP contribution < -0.4 is 39.4 Å². The third kappa shape index (κ3) is 7.84. The van der Waals surface area contributed by atoms with Gasteiger partial charge in [-0.1, -0.05) is 69.0 Å². The molecule has 7 heteroatoms. The van der Waals surface area contributed by atoms with Crippen molar-refractivity contribution in [1.82, 2.24) is 0 Å². The average molecular weight is 400 g/mol. The van der Waals surface area contributed by atoms with Crippen molar-refractivity contribution >= 4 is 10.1 Å². The minimum Gasteiger partial charge on any atom is -0.871 e. The topological polar surface area (TPSA) is 86.7 Å². The molecule has 0 aliphatic heterocycles. The summed E-state index contributed by atoms with van der Waals surface area (Å²) in [6.07, 6.45) is 8.18. The van der Waals surface area contributed by atoms with Gasteiger partial charge in [0, 0.05) is 0 Å². The first-order valence-electron chi connectivity index (χ1n) is 8.96. The second-order valence-corrected chi connectivity index (χ2v) is 7.68. The maximum atomic E-state index is 11.8. The van der Waals surface area contributed by atoms with Crippen LogP contribution in [-0.4, -0.2) is 13.0 Å². The molecule has 0 radical (unpaired) electrons. The van der Waals surface area contributed by atoms with Gasteiger partial charge in [0.25, 0.3) is 10.1 Å². The average Bonchev–Trinajstić information content (AvgIpc) is 2.57. The predicted molar refractivity (Wildman–Crippen MR) is 99.3 cm³/mol. The van der Waals surface area contributed by atoms with Gasteiger partial charge >= 0.3 is 29.6 Å². The standard InChI is InChI=1S/C20H26O5S.Na/c1-2-3-4-5-6-7-10-16-11-8-12-17(15-16)25-19-14-9-13-18(21)20(19)26(22,23)24;/h8-9,11-15,21H,2-7,10H2,1H3,(H,22,23,24);/q;+1/p-1. The zero-order valence-electron chi connectivity index (χ0n) is 16.0. The molecule has 2 rings (SSSR count). The molecule has 0 spiro atoms. The van der Waals surface area contributed by atoms with Gasteiger partial charge in [0.2, 0.25) is 0 Å². The summed E-state index contributed by atoms with van der Waals surface area (Å²) in [6, 6.07) is 11.2. The van der Waals surface area contributed by atoms with E-state index in [9.17, 15) is 18.1 Å². The van der Waals surface area contributed by atoms with Crippen molar-refractivity contribution in [3.05, 3.63) is 48.0 Å². The fourth-order valence-corrected chi connectivity index (χ4v) is 3.52. The van der Waals surface area contributed by atoms with Gasteiger partial charge in [0.15, 0.2) is 0 Å². The van der Waals surface area contributed by atoms with Crippen molar-refractivity contribution < 1.29 is 52.4 Å². The van der Waals surface area contributed by atoms with Crippen molar-refractivity contribution in [2.24, 2.45) is 0 Å². The van der Waals surface area contributed by atoms with Crippen LogP contribution in [0.25, 0.3) is 0 Å². The normalized spacial score (nSPS) is 11.0. The smallest absolute Gasteiger partial charge is 0.871 e. The van der Waals surface area contributed by atoms with Crippen LogP contribution in [0, 0.1) is 0 Å². The second kappa shape index (κ2) is 11.7. The van der Waals surface area contributed by atoms with Crippen LogP contribution in [0.15, 0.2) is 47.4 Å². The number of ether oxygens (including phenoxy) is 1. The molecule has 0 unspecified atom stereocenters. The molecular formula is C20H25NaO5S. The molecule has 0 fully saturated rings. The summed E-state index contributed by atoms with van der Waals surface area (Å²) in [5.74, 6) is -0.533. The molecule has 27 heavy (non-hydrogen) atoms. The van der Waals surface area contributed by atoms with E-state index in [0.717, 1.165) is 24.5 Å². The first-order valence-corrected chi connectivity index (χ1v) is 10.4. The molecule has 2 aromatic carbocycles. The Balaban J connectivity index is 0.00000364. The third-order valence-corrected chi connectivity index (χ3v) is 5.06. The zero-order valence-corrected chi connectivity index (χ0v) is 18.8. The number of rotatable bonds is 10. The maximum absolute atomic E-state index is 11.8. The quantitative estimate of drug-likeness (QED) is 0.373. The van der Waals surface area contributed by atoms with Crippen LogP contribution in [0.3, 0.4) is 0 Å². The van der Waals surface area contributed by atoms with Gasteiger partial charge < -0.3 is 9.84 Å². The van der Waals surface area contributed by atoms with Gasteiger partial charge in [-0.25, -0.2) is 0 Å². The molecule has 1 N–H and O–H groups in total. The van der Waals surface area contributed by atoms with Gasteiger partial charge in [-0.05, 0) is 36.6 Å². The largest absolute Gasteiger partial charge is 1.00 e. The van der Waals surface area contributed by atoms with Crippen LogP contribution in [0.1, 0.15) is 51.0 Å². The van der Waals surface area contributed by atoms with Gasteiger partial charge in [0.05, 0.1) is 0 Å². The molecule has 0 bridgehead atoms. The van der Waals surface area contributed by atoms with E-state index in [4.69, 9.17) is 4.74 Å². The summed E-state index contributed by atoms with van der Waals surface area (Å²) in [4.78, 5) is -0.735. The Morgan fingerprint density at radius 3 is 2.37 bits per heavy atom. The van der Waals surface area contributed by atoms with E-state index >= 15 is 0 Å². The van der Waals surface area contributed by atoms with Crippen molar-refractivity contribution in [1.29, 1.82) is 0 Å². The van der Waals surface area contributed by atoms with Crippen LogP contribution in [0.4, 0.5) is 0 Å². The van der Waals surface area contributed by atoms with E-state index in [1.54, 1.807) is 6.07 Å². The summed E-state index contributed by atoms with van der Waals surface area (Å²) in [6.45, 7) is 2.20. The van der Waals surface area contributed by atoms with E-state index in [0.29, 0.717) is 5.75 Å². The Hall–Kier alpha value is -1.05. The third-order valence-electron chi connectivity index (χ3n) is 4.15. The predicted octanol–water partition coefficient (Wildman–Crippen LogP) is 1.71. The van der Waals surface area contributed by atoms with Gasteiger partial charge in [0.1, 0.15) is 16.4 Å². The van der Waals surface area contributed by atoms with Crippen LogP contribution in [0.5, 0.6) is 17.2 Å². The molecule has 0 aromatic heterocycles. The first-order chi connectivity index (χ1) is 12.4. The second-order valence-electron chi connectivity index (χ2n) is 6.33. The Kier molecular flexibility index (Phi) is 10.4. The fraction of sp³-hybridized carbons (Fsp3) is 0.400. The Labute approximate surface area is 183 Å². The summed E-state index contributed by atoms with van der Waals surface area (Å²) in [7, 11) is -4.66. The van der Waals surface area contributed by atoms with Gasteiger partial charge in [-0.2, -0.15) is 8.42 Å². The van der Waals surface area contributed by atoms with Gasteiger partial charge in [-0.15, -0.1) is 0 Å². The Bertz CT molecular complexity index is 821. The maximum Gasteiger partial charge on any atom is 1.00 e. The molecule has 0 atom stereocenters. The van der Waals surface area contributed by atoms with Crippen LogP contribution in [0.2, 0.25) is 0 Å². The number of benzene rings is 2. The summed E-state index contributed by atoms with van der Waals surface area (Å²) in [5, 5.41) is 11.8. The molecular weight excluding hydrogens is 375 g/mol. The number of unbranched alkanes of at least 4 members (excludes halogenated alkanes) is 5. The monoisotopic (exact) mass is 400 g/mol. The minimum atomic E-state index is -4.66. The summed E-state index contributed by atoms with van der Waals surface area (Å²) < 4.78 is 37.8. The number of hydrogen-bond acceptors (Lipinski definition) is 4. The van der Waals surface area contributed by atoms with E-state index in [-0.39, 0.29) is 35.3 Å². The van der Waals surface area contributed by atoms with E-state index in [1.165, 1.54) is 44.2 Å². The summed E-state index contributed by atoms with van der Waals surface area (Å²) >= 11 is 0.